The maximum atomic E-state index is 5.02. The summed E-state index contributed by atoms with van der Waals surface area (Å²) < 4.78 is 5.02. The molecule has 0 atom stereocenters. The third kappa shape index (κ3) is 20.6. The van der Waals surface area contributed by atoms with Crippen molar-refractivity contribution in [3.05, 3.63) is 54.7 Å². The Balaban J connectivity index is -0.000000138. The van der Waals surface area contributed by atoms with Crippen molar-refractivity contribution in [1.82, 2.24) is 0 Å². The molecule has 0 spiro atoms. The van der Waals surface area contributed by atoms with Gasteiger partial charge in [-0.1, -0.05) is 44.9 Å². The molecule has 1 rings (SSSR count). The van der Waals surface area contributed by atoms with Crippen LogP contribution in [0, 0.1) is 18.8 Å². The molecule has 1 aromatic carbocycles. The molecule has 4 heteroatoms. The van der Waals surface area contributed by atoms with Gasteiger partial charge in [-0.15, -0.1) is 12.1 Å². The molecule has 0 radical (unpaired) electrons. The summed E-state index contributed by atoms with van der Waals surface area (Å²) >= 11 is 3.19. The van der Waals surface area contributed by atoms with Gasteiger partial charge in [0, 0.05) is 13.7 Å². The van der Waals surface area contributed by atoms with Crippen LogP contribution in [-0.2, 0) is 24.2 Å². The van der Waals surface area contributed by atoms with E-state index in [0.717, 1.165) is 24.0 Å². The van der Waals surface area contributed by atoms with Crippen molar-refractivity contribution in [3.63, 3.8) is 0 Å². The van der Waals surface area contributed by atoms with Gasteiger partial charge in [-0.25, -0.2) is 0 Å². The Morgan fingerprint density at radius 1 is 1.09 bits per heavy atom. The van der Waals surface area contributed by atoms with Crippen LogP contribution in [0.5, 0.6) is 0 Å². The quantitative estimate of drug-likeness (QED) is 0.533. The first-order chi connectivity index (χ1) is 9.71. The van der Waals surface area contributed by atoms with Crippen LogP contribution in [0.3, 0.4) is 0 Å². The van der Waals surface area contributed by atoms with Crippen molar-refractivity contribution in [2.75, 3.05) is 13.7 Å². The minimum Gasteiger partial charge on any atom is -0.383 e. The second-order valence-corrected chi connectivity index (χ2v) is 4.48. The Bertz CT molecular complexity index is 310. The summed E-state index contributed by atoms with van der Waals surface area (Å²) in [7, 11) is 1.67. The summed E-state index contributed by atoms with van der Waals surface area (Å²) in [5.41, 5.74) is 2.16. The maximum Gasteiger partial charge on any atom is 2.00 e. The summed E-state index contributed by atoms with van der Waals surface area (Å²) in [6.45, 7) is 12.0. The van der Waals surface area contributed by atoms with Gasteiger partial charge in [-0.3, -0.25) is 0 Å². The molecule has 0 saturated heterocycles. The fraction of sp³-hybridized carbons (Fsp3) is 0.444. The number of methoxy groups -OCH3 is 1. The topological polar surface area (TPSA) is 9.23 Å². The first-order valence-electron chi connectivity index (χ1n) is 7.06. The Kier molecular flexibility index (Phi) is 36.8. The number of hydrogen-bond acceptors (Lipinski definition) is 1. The molecule has 0 aliphatic carbocycles. The fourth-order valence-electron chi connectivity index (χ4n) is 0.949. The first kappa shape index (κ1) is 30.5. The van der Waals surface area contributed by atoms with Crippen molar-refractivity contribution < 1.29 is 43.1 Å². The standard InChI is InChI=1S/C10H10BrO.2C4H9.Li.Zn/c1-12-8-10(7-11)9-5-3-2-4-6-9;2*1-3-4-2;;/h2-6H,8H2,1H3;2*1,3-4H2,2H3;;/q3*-1;+1;+2. The Morgan fingerprint density at radius 3 is 1.77 bits per heavy atom. The molecular formula is C18H28BrLiOZn. The third-order valence-corrected chi connectivity index (χ3v) is 2.71. The maximum absolute atomic E-state index is 5.02. The normalized spacial score (nSPS) is 9.09. The van der Waals surface area contributed by atoms with Gasteiger partial charge in [-0.2, -0.15) is 44.9 Å². The zero-order valence-electron chi connectivity index (χ0n) is 14.8. The van der Waals surface area contributed by atoms with Crippen molar-refractivity contribution in [1.29, 1.82) is 0 Å². The number of halogens is 1. The Hall–Kier alpha value is 0.621. The van der Waals surface area contributed by atoms with Crippen LogP contribution in [0.2, 0.25) is 0 Å². The van der Waals surface area contributed by atoms with Crippen LogP contribution in [-0.4, -0.2) is 13.7 Å². The van der Waals surface area contributed by atoms with Gasteiger partial charge in [0.25, 0.3) is 0 Å². The minimum absolute atomic E-state index is 0. The average molecular weight is 413 g/mol. The van der Waals surface area contributed by atoms with Crippen LogP contribution in [0.25, 0.3) is 5.57 Å². The molecule has 0 unspecified atom stereocenters. The van der Waals surface area contributed by atoms with E-state index in [0.29, 0.717) is 6.61 Å². The number of rotatable bonds is 5. The number of unbranched alkanes of at least 4 members (excludes halogenated alkanes) is 2. The molecule has 116 valence electrons. The van der Waals surface area contributed by atoms with Crippen molar-refractivity contribution in [2.24, 2.45) is 0 Å². The zero-order chi connectivity index (χ0) is 15.6. The van der Waals surface area contributed by atoms with Gasteiger partial charge in [0.1, 0.15) is 0 Å². The van der Waals surface area contributed by atoms with Gasteiger partial charge in [0.05, 0.1) is 0 Å². The molecule has 0 heterocycles. The molecule has 1 nitrogen and oxygen atoms in total. The molecule has 0 N–H and O–H groups in total. The molecule has 0 aromatic heterocycles. The van der Waals surface area contributed by atoms with Gasteiger partial charge in [0.2, 0.25) is 0 Å². The van der Waals surface area contributed by atoms with E-state index < -0.39 is 0 Å². The van der Waals surface area contributed by atoms with Crippen molar-refractivity contribution >= 4 is 21.5 Å². The van der Waals surface area contributed by atoms with E-state index in [1.807, 2.05) is 30.3 Å². The summed E-state index contributed by atoms with van der Waals surface area (Å²) in [4.78, 5) is 2.92. The largest absolute Gasteiger partial charge is 2.00 e. The molecule has 22 heavy (non-hydrogen) atoms. The smallest absolute Gasteiger partial charge is 0.383 e. The van der Waals surface area contributed by atoms with E-state index in [9.17, 15) is 0 Å². The summed E-state index contributed by atoms with van der Waals surface area (Å²) in [6.07, 6.45) is 4.56. The molecule has 0 aliphatic rings. The van der Waals surface area contributed by atoms with Gasteiger partial charge in [-0.05, 0) is 0 Å². The van der Waals surface area contributed by atoms with Crippen LogP contribution in [0.1, 0.15) is 45.1 Å². The molecular weight excluding hydrogens is 384 g/mol. The van der Waals surface area contributed by atoms with Crippen molar-refractivity contribution in [3.8, 4) is 0 Å². The second kappa shape index (κ2) is 26.5. The average Bonchev–Trinajstić information content (AvgIpc) is 2.53. The van der Waals surface area contributed by atoms with E-state index in [4.69, 9.17) is 4.74 Å². The zero-order valence-corrected chi connectivity index (χ0v) is 19.4. The van der Waals surface area contributed by atoms with Gasteiger partial charge >= 0.3 is 38.3 Å². The van der Waals surface area contributed by atoms with E-state index in [1.165, 1.54) is 12.8 Å². The Labute approximate surface area is 171 Å². The second-order valence-electron chi connectivity index (χ2n) is 4.08. The van der Waals surface area contributed by atoms with E-state index >= 15 is 0 Å². The number of hydrogen-bond donors (Lipinski definition) is 0. The SMILES string of the molecule is COCC(=[C-]Br)c1ccccc1.[CH2-]CCC.[CH2-]CCC.[Li+].[Zn+2]. The third-order valence-electron chi connectivity index (χ3n) is 2.23. The predicted molar refractivity (Wildman–Crippen MR) is 94.4 cm³/mol. The number of benzene rings is 1. The van der Waals surface area contributed by atoms with Crippen LogP contribution < -0.4 is 18.9 Å². The molecule has 0 saturated carbocycles. The van der Waals surface area contributed by atoms with E-state index in [2.05, 4.69) is 48.6 Å². The molecule has 0 aliphatic heterocycles. The van der Waals surface area contributed by atoms with Crippen LogP contribution in [0.15, 0.2) is 30.3 Å². The minimum atomic E-state index is 0. The van der Waals surface area contributed by atoms with Crippen LogP contribution in [0.4, 0.5) is 0 Å². The molecule has 1 aromatic rings. The summed E-state index contributed by atoms with van der Waals surface area (Å²) in [6, 6.07) is 10.0. The molecule has 0 fully saturated rings. The Morgan fingerprint density at radius 2 is 1.50 bits per heavy atom. The number of ether oxygens (including phenoxy) is 1. The van der Waals surface area contributed by atoms with E-state index in [-0.39, 0.29) is 38.3 Å². The van der Waals surface area contributed by atoms with E-state index in [1.54, 1.807) is 7.11 Å². The molecule has 0 amide bonds. The fourth-order valence-corrected chi connectivity index (χ4v) is 1.29. The monoisotopic (exact) mass is 410 g/mol. The first-order valence-corrected chi connectivity index (χ1v) is 7.86. The predicted octanol–water partition coefficient (Wildman–Crippen LogP) is 3.11. The van der Waals surface area contributed by atoms with Gasteiger partial charge < -0.3 is 18.6 Å². The molecule has 0 bridgehead atoms. The van der Waals surface area contributed by atoms with Crippen LogP contribution >= 0.6 is 15.9 Å². The van der Waals surface area contributed by atoms with Crippen molar-refractivity contribution in [2.45, 2.75) is 39.5 Å². The summed E-state index contributed by atoms with van der Waals surface area (Å²) in [5.74, 6) is 0. The van der Waals surface area contributed by atoms with Gasteiger partial charge in [0.15, 0.2) is 0 Å². The summed E-state index contributed by atoms with van der Waals surface area (Å²) in [5, 5.41) is 0.